The summed E-state index contributed by atoms with van der Waals surface area (Å²) in [6, 6.07) is 7.42. The minimum Gasteiger partial charge on any atom is -0.451 e. The van der Waals surface area contributed by atoms with E-state index >= 15 is 0 Å². The molecular formula is C14H12N2O3S. The lowest BCUT2D eigenvalue weighted by molar-refractivity contribution is 0.0445. The molecule has 0 fully saturated rings. The largest absolute Gasteiger partial charge is 0.451 e. The Balaban J connectivity index is 1.73. The molecule has 1 aromatic carbocycles. The summed E-state index contributed by atoms with van der Waals surface area (Å²) >= 11 is 1.33. The number of nitrogens with zero attached hydrogens (tertiary/aromatic N) is 2. The molecule has 3 rings (SSSR count). The van der Waals surface area contributed by atoms with Crippen LogP contribution in [0.3, 0.4) is 0 Å². The molecule has 6 heteroatoms. The van der Waals surface area contributed by atoms with Crippen molar-refractivity contribution in [1.82, 2.24) is 9.97 Å². The molecule has 0 saturated carbocycles. The Labute approximate surface area is 119 Å². The number of ether oxygens (including phenoxy) is 1. The SMILES string of the molecule is Cc1nc(C)c(C(=O)OCc2nc3ccccc3o2)s1. The van der Waals surface area contributed by atoms with Crippen LogP contribution >= 0.6 is 11.3 Å². The Morgan fingerprint density at radius 2 is 2.10 bits per heavy atom. The van der Waals surface area contributed by atoms with Crippen LogP contribution in [0.5, 0.6) is 0 Å². The van der Waals surface area contributed by atoms with Crippen molar-refractivity contribution in [2.24, 2.45) is 0 Å². The van der Waals surface area contributed by atoms with Crippen molar-refractivity contribution in [3.63, 3.8) is 0 Å². The molecule has 2 heterocycles. The molecular weight excluding hydrogens is 276 g/mol. The normalized spacial score (nSPS) is 10.9. The molecule has 0 unspecified atom stereocenters. The number of hydrogen-bond donors (Lipinski definition) is 0. The van der Waals surface area contributed by atoms with Crippen LogP contribution < -0.4 is 0 Å². The lowest BCUT2D eigenvalue weighted by atomic mass is 10.3. The summed E-state index contributed by atoms with van der Waals surface area (Å²) in [5.41, 5.74) is 2.13. The zero-order chi connectivity index (χ0) is 14.1. The summed E-state index contributed by atoms with van der Waals surface area (Å²) in [6.45, 7) is 3.67. The molecule has 0 bridgehead atoms. The minimum atomic E-state index is -0.393. The second-order valence-electron chi connectivity index (χ2n) is 4.30. The van der Waals surface area contributed by atoms with Gasteiger partial charge in [-0.3, -0.25) is 0 Å². The van der Waals surface area contributed by atoms with Gasteiger partial charge in [-0.15, -0.1) is 11.3 Å². The van der Waals surface area contributed by atoms with E-state index in [-0.39, 0.29) is 6.61 Å². The van der Waals surface area contributed by atoms with E-state index in [4.69, 9.17) is 9.15 Å². The topological polar surface area (TPSA) is 65.2 Å². The van der Waals surface area contributed by atoms with Crippen LogP contribution in [0.25, 0.3) is 11.1 Å². The highest BCUT2D eigenvalue weighted by Crippen LogP contribution is 2.20. The third-order valence-corrected chi connectivity index (χ3v) is 3.81. The van der Waals surface area contributed by atoms with Gasteiger partial charge in [0, 0.05) is 0 Å². The average Bonchev–Trinajstić information content (AvgIpc) is 2.98. The van der Waals surface area contributed by atoms with Crippen LogP contribution in [0, 0.1) is 13.8 Å². The van der Waals surface area contributed by atoms with E-state index in [1.807, 2.05) is 31.2 Å². The summed E-state index contributed by atoms with van der Waals surface area (Å²) < 4.78 is 10.7. The van der Waals surface area contributed by atoms with Crippen LogP contribution in [0.2, 0.25) is 0 Å². The summed E-state index contributed by atoms with van der Waals surface area (Å²) in [4.78, 5) is 20.9. The van der Waals surface area contributed by atoms with Crippen molar-refractivity contribution < 1.29 is 13.9 Å². The van der Waals surface area contributed by atoms with Gasteiger partial charge in [-0.2, -0.15) is 0 Å². The first-order valence-corrected chi connectivity index (χ1v) is 6.91. The Morgan fingerprint density at radius 1 is 1.30 bits per heavy atom. The Hall–Kier alpha value is -2.21. The van der Waals surface area contributed by atoms with Crippen LogP contribution in [0.15, 0.2) is 28.7 Å². The Bertz CT molecular complexity index is 743. The van der Waals surface area contributed by atoms with Crippen LogP contribution in [0.4, 0.5) is 0 Å². The van der Waals surface area contributed by atoms with E-state index < -0.39 is 5.97 Å². The molecule has 0 N–H and O–H groups in total. The number of oxazole rings is 1. The summed E-state index contributed by atoms with van der Waals surface area (Å²) in [5.74, 6) is -0.00574. The first-order chi connectivity index (χ1) is 9.63. The van der Waals surface area contributed by atoms with Crippen LogP contribution in [-0.2, 0) is 11.3 Å². The van der Waals surface area contributed by atoms with Gasteiger partial charge in [-0.1, -0.05) is 12.1 Å². The molecule has 0 saturated heterocycles. The maximum absolute atomic E-state index is 11.9. The Kier molecular flexibility index (Phi) is 3.23. The fourth-order valence-electron chi connectivity index (χ4n) is 1.90. The number of fused-ring (bicyclic) bond motifs is 1. The van der Waals surface area contributed by atoms with E-state index in [0.717, 1.165) is 10.5 Å². The molecule has 0 aliphatic carbocycles. The van der Waals surface area contributed by atoms with Gasteiger partial charge in [-0.25, -0.2) is 14.8 Å². The first-order valence-electron chi connectivity index (χ1n) is 6.09. The first kappa shape index (κ1) is 12.8. The second kappa shape index (κ2) is 5.05. The zero-order valence-corrected chi connectivity index (χ0v) is 11.9. The molecule has 102 valence electrons. The fourth-order valence-corrected chi connectivity index (χ4v) is 2.71. The van der Waals surface area contributed by atoms with E-state index in [1.54, 1.807) is 6.92 Å². The molecule has 0 aliphatic rings. The quantitative estimate of drug-likeness (QED) is 0.692. The minimum absolute atomic E-state index is 0.0178. The summed E-state index contributed by atoms with van der Waals surface area (Å²) in [5, 5.41) is 0.844. The van der Waals surface area contributed by atoms with Crippen LogP contribution in [0.1, 0.15) is 26.3 Å². The third-order valence-electron chi connectivity index (χ3n) is 2.75. The molecule has 0 amide bonds. The summed E-state index contributed by atoms with van der Waals surface area (Å²) in [7, 11) is 0. The monoisotopic (exact) mass is 288 g/mol. The number of aromatic nitrogens is 2. The highest BCUT2D eigenvalue weighted by molar-refractivity contribution is 7.13. The highest BCUT2D eigenvalue weighted by Gasteiger charge is 2.16. The number of hydrogen-bond acceptors (Lipinski definition) is 6. The van der Waals surface area contributed by atoms with Gasteiger partial charge in [0.1, 0.15) is 10.4 Å². The van der Waals surface area contributed by atoms with Crippen molar-refractivity contribution in [2.75, 3.05) is 0 Å². The van der Waals surface area contributed by atoms with Gasteiger partial charge in [0.05, 0.1) is 10.7 Å². The van der Waals surface area contributed by atoms with Gasteiger partial charge in [0.25, 0.3) is 0 Å². The number of carbonyl (C=O) groups is 1. The maximum Gasteiger partial charge on any atom is 0.350 e. The molecule has 5 nitrogen and oxygen atoms in total. The standard InChI is InChI=1S/C14H12N2O3S/c1-8-13(20-9(2)15-8)14(17)18-7-12-16-10-5-3-4-6-11(10)19-12/h3-6H,7H2,1-2H3. The van der Waals surface area contributed by atoms with E-state index in [9.17, 15) is 4.79 Å². The maximum atomic E-state index is 11.9. The number of para-hydroxylation sites is 2. The predicted molar refractivity (Wildman–Crippen MR) is 74.7 cm³/mol. The number of esters is 1. The molecule has 0 aliphatic heterocycles. The number of carbonyl (C=O) groups excluding carboxylic acids is 1. The molecule has 2 aromatic heterocycles. The predicted octanol–water partition coefficient (Wildman–Crippen LogP) is 3.26. The van der Waals surface area contributed by atoms with Crippen molar-refractivity contribution in [3.05, 3.63) is 45.7 Å². The molecule has 20 heavy (non-hydrogen) atoms. The molecule has 0 radical (unpaired) electrons. The van der Waals surface area contributed by atoms with Crippen molar-refractivity contribution in [3.8, 4) is 0 Å². The van der Waals surface area contributed by atoms with E-state index in [2.05, 4.69) is 9.97 Å². The van der Waals surface area contributed by atoms with E-state index in [0.29, 0.717) is 22.0 Å². The second-order valence-corrected chi connectivity index (χ2v) is 5.50. The zero-order valence-electron chi connectivity index (χ0n) is 11.0. The van der Waals surface area contributed by atoms with Gasteiger partial charge in [-0.05, 0) is 26.0 Å². The van der Waals surface area contributed by atoms with Gasteiger partial charge < -0.3 is 9.15 Å². The lowest BCUT2D eigenvalue weighted by Crippen LogP contribution is -2.05. The summed E-state index contributed by atoms with van der Waals surface area (Å²) in [6.07, 6.45) is 0. The van der Waals surface area contributed by atoms with Crippen molar-refractivity contribution in [2.45, 2.75) is 20.5 Å². The Morgan fingerprint density at radius 3 is 2.80 bits per heavy atom. The fraction of sp³-hybridized carbons (Fsp3) is 0.214. The highest BCUT2D eigenvalue weighted by atomic mass is 32.1. The number of benzene rings is 1. The number of rotatable bonds is 3. The molecule has 3 aromatic rings. The van der Waals surface area contributed by atoms with Crippen LogP contribution in [-0.4, -0.2) is 15.9 Å². The smallest absolute Gasteiger partial charge is 0.350 e. The van der Waals surface area contributed by atoms with Crippen molar-refractivity contribution in [1.29, 1.82) is 0 Å². The van der Waals surface area contributed by atoms with Gasteiger partial charge in [0.2, 0.25) is 5.89 Å². The number of aryl methyl sites for hydroxylation is 2. The van der Waals surface area contributed by atoms with Gasteiger partial charge in [0.15, 0.2) is 12.2 Å². The third kappa shape index (κ3) is 2.42. The lowest BCUT2D eigenvalue weighted by Gasteiger charge is -1.99. The molecule has 0 atom stereocenters. The van der Waals surface area contributed by atoms with E-state index in [1.165, 1.54) is 11.3 Å². The average molecular weight is 288 g/mol. The number of thiazole rings is 1. The van der Waals surface area contributed by atoms with Crippen molar-refractivity contribution >= 4 is 28.4 Å². The van der Waals surface area contributed by atoms with Gasteiger partial charge >= 0.3 is 5.97 Å². The molecule has 0 spiro atoms.